The lowest BCUT2D eigenvalue weighted by atomic mass is 9.51. The maximum atomic E-state index is 11.7. The smallest absolute Gasteiger partial charge is 0.0854 e. The Labute approximate surface area is 218 Å². The van der Waals surface area contributed by atoms with Gasteiger partial charge >= 0.3 is 0 Å². The Morgan fingerprint density at radius 2 is 1.03 bits per heavy atom. The van der Waals surface area contributed by atoms with Crippen molar-refractivity contribution in [2.75, 3.05) is 0 Å². The fourth-order valence-corrected chi connectivity index (χ4v) is 11.3. The number of hydrogen-bond donors (Lipinski definition) is 0. The van der Waals surface area contributed by atoms with E-state index in [1.54, 1.807) is 0 Å². The molecule has 7 nitrogen and oxygen atoms in total. The summed E-state index contributed by atoms with van der Waals surface area (Å²) in [6, 6.07) is -0.543. The second-order valence-electron chi connectivity index (χ2n) is 16.6. The Hall–Kier alpha value is -1.24. The predicted octanol–water partition coefficient (Wildman–Crippen LogP) is 8.69. The van der Waals surface area contributed by atoms with Crippen molar-refractivity contribution in [3.8, 4) is 0 Å². The number of hydrogen-bond acceptors (Lipinski definition) is 6. The van der Waals surface area contributed by atoms with Gasteiger partial charge in [0.05, 0.1) is 0 Å². The molecule has 0 N–H and O–H groups in total. The average Bonchev–Trinajstić information content (AvgIpc) is 3.52. The zero-order valence-electron chi connectivity index (χ0n) is 24.5. The van der Waals surface area contributed by atoms with Crippen LogP contribution in [0.4, 0.5) is 0 Å². The number of fused-ring (bicyclic) bond motifs is 4. The fourth-order valence-electron chi connectivity index (χ4n) is 11.3. The number of nitroso groups, excluding NO2 is 3. The highest BCUT2D eigenvalue weighted by molar-refractivity contribution is 5.11. The van der Waals surface area contributed by atoms with Gasteiger partial charge in [-0.25, -0.2) is 0 Å². The Morgan fingerprint density at radius 3 is 1.50 bits per heavy atom. The third-order valence-corrected chi connectivity index (χ3v) is 11.4. The van der Waals surface area contributed by atoms with Crippen molar-refractivity contribution in [3.63, 3.8) is 0 Å². The average molecular weight is 504 g/mol. The summed E-state index contributed by atoms with van der Waals surface area (Å²) in [5.41, 5.74) is 0.523. The zero-order chi connectivity index (χ0) is 27.1. The summed E-state index contributed by atoms with van der Waals surface area (Å²) in [4.78, 5) is 33.8. The minimum atomic E-state index is -1.42. The third-order valence-electron chi connectivity index (χ3n) is 11.4. The van der Waals surface area contributed by atoms with E-state index in [4.69, 9.17) is 0 Å². The molecule has 0 spiro atoms. The van der Waals surface area contributed by atoms with E-state index in [-0.39, 0.29) is 28.1 Å². The van der Waals surface area contributed by atoms with E-state index in [0.29, 0.717) is 29.6 Å². The van der Waals surface area contributed by atoms with Crippen LogP contribution in [-0.2, 0) is 0 Å². The van der Waals surface area contributed by atoms with Gasteiger partial charge in [0.25, 0.3) is 0 Å². The summed E-state index contributed by atoms with van der Waals surface area (Å²) in [7, 11) is 0. The van der Waals surface area contributed by atoms with Gasteiger partial charge in [-0.1, -0.05) is 84.0 Å². The molecule has 4 aliphatic rings. The monoisotopic (exact) mass is 503 g/mol. The molecule has 4 aliphatic carbocycles. The van der Waals surface area contributed by atoms with Gasteiger partial charge in [-0.15, -0.1) is 0 Å². The summed E-state index contributed by atoms with van der Waals surface area (Å²) in [6.07, 6.45) is 6.76. The second kappa shape index (κ2) is 8.64. The highest BCUT2D eigenvalue weighted by Gasteiger charge is 2.68. The third kappa shape index (κ3) is 4.19. The van der Waals surface area contributed by atoms with Crippen molar-refractivity contribution in [2.24, 2.45) is 84.9 Å². The van der Waals surface area contributed by atoms with E-state index in [1.165, 1.54) is 19.3 Å². The van der Waals surface area contributed by atoms with Crippen LogP contribution in [0.3, 0.4) is 0 Å². The van der Waals surface area contributed by atoms with Gasteiger partial charge in [0.2, 0.25) is 15.9 Å². The molecule has 0 heterocycles. The molecule has 7 heteroatoms. The predicted molar refractivity (Wildman–Crippen MR) is 144 cm³/mol. The van der Waals surface area contributed by atoms with Gasteiger partial charge in [0.1, 0.15) is 0 Å². The molecule has 204 valence electrons. The minimum Gasteiger partial charge on any atom is -0.0854 e. The van der Waals surface area contributed by atoms with Gasteiger partial charge in [-0.2, -0.15) is 0 Å². The summed E-state index contributed by atoms with van der Waals surface area (Å²) in [5, 5.41) is 8.67. The van der Waals surface area contributed by atoms with Crippen LogP contribution < -0.4 is 0 Å². The van der Waals surface area contributed by atoms with Crippen molar-refractivity contribution in [2.45, 2.75) is 114 Å². The Kier molecular flexibility index (Phi) is 6.67. The van der Waals surface area contributed by atoms with Crippen molar-refractivity contribution in [3.05, 3.63) is 14.7 Å². The first kappa shape index (κ1) is 27.8. The van der Waals surface area contributed by atoms with Crippen LogP contribution in [0.1, 0.15) is 108 Å². The maximum Gasteiger partial charge on any atom is 0.219 e. The molecule has 9 atom stereocenters. The van der Waals surface area contributed by atoms with Crippen LogP contribution in [0.2, 0.25) is 0 Å². The second-order valence-corrected chi connectivity index (χ2v) is 16.6. The first-order valence-corrected chi connectivity index (χ1v) is 14.4. The van der Waals surface area contributed by atoms with E-state index < -0.39 is 10.9 Å². The topological polar surface area (TPSA) is 88.3 Å². The molecule has 36 heavy (non-hydrogen) atoms. The van der Waals surface area contributed by atoms with E-state index in [0.717, 1.165) is 30.6 Å². The van der Waals surface area contributed by atoms with Crippen LogP contribution in [-0.4, -0.2) is 10.9 Å². The molecule has 0 aromatic heterocycles. The zero-order valence-corrected chi connectivity index (χ0v) is 24.5. The standard InChI is InChI=1S/C29H51N4O3/c1-26(2,3)22-17-11-12-18(13-17)24(22)28(7,8)16-29(9,10)25-20-14-19(23(25)27(4,5)6)15-21(20)33(30-34,31-35)32-36/h17-25H,11-16H2,1-10H3/q+1. The van der Waals surface area contributed by atoms with Crippen molar-refractivity contribution in [1.82, 2.24) is 0 Å². The SMILES string of the molecule is CC(C)(C)C1C2CCC(C2)C1C(C)(C)CC(C)(C)C1C2CC(CC2[N+](N=O)(N=O)N=O)C1C(C)(C)C. The summed E-state index contributed by atoms with van der Waals surface area (Å²) in [5.74, 6) is 4.23. The largest absolute Gasteiger partial charge is 0.219 e. The lowest BCUT2D eigenvalue weighted by molar-refractivity contribution is -0.979. The van der Waals surface area contributed by atoms with Gasteiger partial charge in [-0.05, 0) is 95.2 Å². The summed E-state index contributed by atoms with van der Waals surface area (Å²) >= 11 is 0. The molecule has 0 aliphatic heterocycles. The minimum absolute atomic E-state index is 0.0336. The molecule has 0 aromatic rings. The number of rotatable bonds is 8. The van der Waals surface area contributed by atoms with Crippen molar-refractivity contribution >= 4 is 0 Å². The van der Waals surface area contributed by atoms with Crippen LogP contribution >= 0.6 is 0 Å². The quantitative estimate of drug-likeness (QED) is 0.188. The van der Waals surface area contributed by atoms with Gasteiger partial charge in [0, 0.05) is 12.3 Å². The van der Waals surface area contributed by atoms with Crippen LogP contribution in [0.15, 0.2) is 15.9 Å². The molecule has 0 radical (unpaired) electrons. The van der Waals surface area contributed by atoms with Crippen LogP contribution in [0.25, 0.3) is 0 Å². The highest BCUT2D eigenvalue weighted by atomic mass is 16.5. The van der Waals surface area contributed by atoms with Gasteiger partial charge < -0.3 is 0 Å². The molecular weight excluding hydrogens is 452 g/mol. The molecule has 9 unspecified atom stereocenters. The molecule has 0 amide bonds. The summed E-state index contributed by atoms with van der Waals surface area (Å²) < 4.78 is 0. The molecule has 4 bridgehead atoms. The van der Waals surface area contributed by atoms with E-state index in [2.05, 4.69) is 85.1 Å². The first-order chi connectivity index (χ1) is 16.4. The number of nitrogens with zero attached hydrogens (tertiary/aromatic N) is 4. The van der Waals surface area contributed by atoms with E-state index >= 15 is 0 Å². The lowest BCUT2D eigenvalue weighted by Crippen LogP contribution is -2.54. The first-order valence-electron chi connectivity index (χ1n) is 14.4. The molecule has 0 saturated heterocycles. The van der Waals surface area contributed by atoms with E-state index in [9.17, 15) is 14.7 Å². The van der Waals surface area contributed by atoms with Crippen LogP contribution in [0.5, 0.6) is 0 Å². The van der Waals surface area contributed by atoms with Gasteiger partial charge in [-0.3, -0.25) is 0 Å². The molecule has 4 fully saturated rings. The molecule has 0 aromatic carbocycles. The Balaban J connectivity index is 1.69. The van der Waals surface area contributed by atoms with E-state index in [1.807, 2.05) is 0 Å². The molecular formula is C29H51N4O3+. The molecule has 4 rings (SSSR count). The lowest BCUT2D eigenvalue weighted by Gasteiger charge is -2.54. The fraction of sp³-hybridized carbons (Fsp3) is 1.00. The van der Waals surface area contributed by atoms with Crippen LogP contribution in [0, 0.1) is 83.7 Å². The maximum absolute atomic E-state index is 11.7. The van der Waals surface area contributed by atoms with Gasteiger partial charge in [0.15, 0.2) is 10.9 Å². The summed E-state index contributed by atoms with van der Waals surface area (Å²) in [6.45, 7) is 24.1. The highest BCUT2D eigenvalue weighted by Crippen LogP contribution is 2.69. The Bertz CT molecular complexity index is 864. The number of quaternary nitrogens is 1. The van der Waals surface area contributed by atoms with Crippen molar-refractivity contribution < 1.29 is 4.81 Å². The Morgan fingerprint density at radius 1 is 0.583 bits per heavy atom. The van der Waals surface area contributed by atoms with Crippen molar-refractivity contribution in [1.29, 1.82) is 0 Å². The normalized spacial score (nSPS) is 39.0. The molecule has 4 saturated carbocycles.